The number of allylic oxidation sites excluding steroid dienone is 5. The van der Waals surface area contributed by atoms with E-state index in [-0.39, 0.29) is 11.9 Å². The summed E-state index contributed by atoms with van der Waals surface area (Å²) in [6, 6.07) is 6.16. The predicted octanol–water partition coefficient (Wildman–Crippen LogP) is 10.6. The van der Waals surface area contributed by atoms with E-state index in [1.807, 2.05) is 39.0 Å². The Morgan fingerprint density at radius 3 is 2.00 bits per heavy atom. The number of hydrogen-bond donors (Lipinski definition) is 0. The van der Waals surface area contributed by atoms with Crippen molar-refractivity contribution in [2.24, 2.45) is 11.8 Å². The molecule has 0 bridgehead atoms. The molecule has 1 fully saturated rings. The van der Waals surface area contributed by atoms with Gasteiger partial charge >= 0.3 is 0 Å². The Kier molecular flexibility index (Phi) is 17.6. The summed E-state index contributed by atoms with van der Waals surface area (Å²) in [5, 5.41) is 0. The number of aryl methyl sites for hydroxylation is 2. The molecule has 1 saturated carbocycles. The number of ketones is 1. The second-order valence-corrected chi connectivity index (χ2v) is 11.0. The highest BCUT2D eigenvalue weighted by Crippen LogP contribution is 2.29. The van der Waals surface area contributed by atoms with Crippen molar-refractivity contribution >= 4 is 5.78 Å². The zero-order valence-electron chi connectivity index (χ0n) is 25.8. The van der Waals surface area contributed by atoms with Crippen LogP contribution in [0.4, 0.5) is 0 Å². The quantitative estimate of drug-likeness (QED) is 0.232. The smallest absolute Gasteiger partial charge is 0.130 e. The number of Topliss-reactive ketones (excluding diaryl/α,β-unsaturated/α-hetero) is 1. The fourth-order valence-corrected chi connectivity index (χ4v) is 4.09. The normalized spacial score (nSPS) is 14.8. The van der Waals surface area contributed by atoms with E-state index in [4.69, 9.17) is 4.74 Å². The van der Waals surface area contributed by atoms with Crippen LogP contribution >= 0.6 is 0 Å². The molecule has 0 N–H and O–H groups in total. The van der Waals surface area contributed by atoms with Crippen molar-refractivity contribution in [3.63, 3.8) is 0 Å². The third kappa shape index (κ3) is 14.8. The van der Waals surface area contributed by atoms with Crippen LogP contribution in [0.15, 0.2) is 65.8 Å². The zero-order chi connectivity index (χ0) is 28.5. The predicted molar refractivity (Wildman–Crippen MR) is 164 cm³/mol. The van der Waals surface area contributed by atoms with E-state index in [0.29, 0.717) is 12.3 Å². The minimum absolute atomic E-state index is 0.0361. The Bertz CT molecular complexity index is 903. The number of benzene rings is 1. The van der Waals surface area contributed by atoms with Crippen molar-refractivity contribution in [1.29, 1.82) is 0 Å². The van der Waals surface area contributed by atoms with Crippen LogP contribution in [0.2, 0.25) is 0 Å². The molecule has 1 aliphatic rings. The highest BCUT2D eigenvalue weighted by Gasteiger charge is 2.17. The number of rotatable bonds is 10. The fraction of sp³-hybridized carbons (Fsp3) is 0.571. The molecule has 208 valence electrons. The summed E-state index contributed by atoms with van der Waals surface area (Å²) in [5.41, 5.74) is 7.06. The second-order valence-electron chi connectivity index (χ2n) is 11.0. The maximum atomic E-state index is 11.2. The molecule has 1 aromatic rings. The van der Waals surface area contributed by atoms with Gasteiger partial charge in [0.25, 0.3) is 0 Å². The number of hydrogen-bond acceptors (Lipinski definition) is 2. The van der Waals surface area contributed by atoms with Crippen LogP contribution in [0.5, 0.6) is 5.75 Å². The molecule has 0 amide bonds. The minimum Gasteiger partial charge on any atom is -0.486 e. The third-order valence-corrected chi connectivity index (χ3v) is 7.22. The lowest BCUT2D eigenvalue weighted by Gasteiger charge is -2.24. The molecule has 2 nitrogen and oxygen atoms in total. The van der Waals surface area contributed by atoms with Gasteiger partial charge in [-0.2, -0.15) is 0 Å². The van der Waals surface area contributed by atoms with Crippen LogP contribution in [0.1, 0.15) is 112 Å². The first-order valence-electron chi connectivity index (χ1n) is 14.2. The Balaban J connectivity index is 0.00000107. The molecular weight excluding hydrogens is 452 g/mol. The summed E-state index contributed by atoms with van der Waals surface area (Å²) in [4.78, 5) is 11.2. The summed E-state index contributed by atoms with van der Waals surface area (Å²) in [7, 11) is 0. The van der Waals surface area contributed by atoms with Gasteiger partial charge in [-0.25, -0.2) is 0 Å². The Hall–Kier alpha value is -2.35. The van der Waals surface area contributed by atoms with Gasteiger partial charge < -0.3 is 9.53 Å². The molecule has 37 heavy (non-hydrogen) atoms. The zero-order valence-corrected chi connectivity index (χ0v) is 25.8. The molecule has 1 aliphatic carbocycles. The molecule has 0 spiro atoms. The van der Waals surface area contributed by atoms with Crippen LogP contribution in [0.3, 0.4) is 0 Å². The van der Waals surface area contributed by atoms with E-state index in [0.717, 1.165) is 35.7 Å². The van der Waals surface area contributed by atoms with Crippen LogP contribution < -0.4 is 4.74 Å². The lowest BCUT2D eigenvalue weighted by atomic mass is 9.90. The van der Waals surface area contributed by atoms with E-state index in [1.54, 1.807) is 6.92 Å². The van der Waals surface area contributed by atoms with Crippen LogP contribution in [0, 0.1) is 18.8 Å². The van der Waals surface area contributed by atoms with Gasteiger partial charge in [0, 0.05) is 6.42 Å². The van der Waals surface area contributed by atoms with Crippen molar-refractivity contribution in [2.75, 3.05) is 0 Å². The second kappa shape index (κ2) is 18.8. The van der Waals surface area contributed by atoms with Crippen LogP contribution in [-0.4, -0.2) is 11.9 Å². The van der Waals surface area contributed by atoms with E-state index >= 15 is 0 Å². The Morgan fingerprint density at radius 1 is 1.05 bits per heavy atom. The average Bonchev–Trinajstić information content (AvgIpc) is 3.32. The molecule has 0 aliphatic heterocycles. The van der Waals surface area contributed by atoms with Gasteiger partial charge in [-0.1, -0.05) is 89.0 Å². The molecule has 1 atom stereocenters. The van der Waals surface area contributed by atoms with Crippen molar-refractivity contribution < 1.29 is 9.53 Å². The standard InChI is InChI=1S/C25H36O2.C6H12.C4H8/c1-16(2)18(5)15-25(21(8)17(3)4)22(9)27-24-13-12-23(19(6)14-24)11-10-20(7)26;1-6-4-2-3-5-6;1-3-4-2/h12-14,17,22H,1,5,10-11,15H2,2-4,6-9H3;6H,2-5H2,1H3;3-4H,1-2H3/b25-21-;;4-3+. The van der Waals surface area contributed by atoms with Crippen LogP contribution in [-0.2, 0) is 11.2 Å². The van der Waals surface area contributed by atoms with E-state index in [1.165, 1.54) is 48.0 Å². The molecule has 1 aromatic carbocycles. The molecule has 2 heteroatoms. The topological polar surface area (TPSA) is 26.3 Å². The first kappa shape index (κ1) is 34.6. The maximum Gasteiger partial charge on any atom is 0.130 e. The first-order valence-corrected chi connectivity index (χ1v) is 14.2. The highest BCUT2D eigenvalue weighted by atomic mass is 16.5. The summed E-state index contributed by atoms with van der Waals surface area (Å²) >= 11 is 0. The average molecular weight is 509 g/mol. The van der Waals surface area contributed by atoms with Gasteiger partial charge in [-0.15, -0.1) is 0 Å². The summed E-state index contributed by atoms with van der Waals surface area (Å²) < 4.78 is 6.29. The SMILES string of the molecule is C/C=C/C.C=C(C)C(=C)C/C(=C(\C)C(C)C)C(C)Oc1ccc(CCC(C)=O)c(C)c1.CC1CCCC1. The van der Waals surface area contributed by atoms with Crippen molar-refractivity contribution in [2.45, 2.75) is 120 Å². The summed E-state index contributed by atoms with van der Waals surface area (Å²) in [5.74, 6) is 2.59. The number of carbonyl (C=O) groups excluding carboxylic acids is 1. The molecular formula is C35H56O2. The largest absolute Gasteiger partial charge is 0.486 e. The molecule has 0 saturated heterocycles. The molecule has 1 unspecified atom stereocenters. The Labute approximate surface area is 230 Å². The fourth-order valence-electron chi connectivity index (χ4n) is 4.09. The highest BCUT2D eigenvalue weighted by molar-refractivity contribution is 5.75. The van der Waals surface area contributed by atoms with Gasteiger partial charge in [-0.3, -0.25) is 0 Å². The lowest BCUT2D eigenvalue weighted by molar-refractivity contribution is -0.116. The lowest BCUT2D eigenvalue weighted by Crippen LogP contribution is -2.18. The van der Waals surface area contributed by atoms with Crippen molar-refractivity contribution in [3.05, 3.63) is 76.9 Å². The number of ether oxygens (including phenoxy) is 1. The van der Waals surface area contributed by atoms with Gasteiger partial charge in [-0.05, 0) is 108 Å². The maximum absolute atomic E-state index is 11.2. The third-order valence-electron chi connectivity index (χ3n) is 7.22. The number of carbonyl (C=O) groups is 1. The van der Waals surface area contributed by atoms with E-state index < -0.39 is 0 Å². The van der Waals surface area contributed by atoms with Gasteiger partial charge in [0.05, 0.1) is 0 Å². The Morgan fingerprint density at radius 2 is 1.62 bits per heavy atom. The van der Waals surface area contributed by atoms with E-state index in [2.05, 4.69) is 66.8 Å². The summed E-state index contributed by atoms with van der Waals surface area (Å²) in [6.45, 7) is 28.9. The van der Waals surface area contributed by atoms with E-state index in [9.17, 15) is 4.79 Å². The minimum atomic E-state index is -0.0361. The first-order chi connectivity index (χ1) is 17.3. The van der Waals surface area contributed by atoms with Gasteiger partial charge in [0.2, 0.25) is 0 Å². The monoisotopic (exact) mass is 508 g/mol. The van der Waals surface area contributed by atoms with Gasteiger partial charge in [0.1, 0.15) is 17.6 Å². The molecule has 2 rings (SSSR count). The molecule has 0 radical (unpaired) electrons. The van der Waals surface area contributed by atoms with Crippen LogP contribution in [0.25, 0.3) is 0 Å². The van der Waals surface area contributed by atoms with Crippen molar-refractivity contribution in [3.8, 4) is 5.75 Å². The molecule has 0 aromatic heterocycles. The van der Waals surface area contributed by atoms with Crippen molar-refractivity contribution in [1.82, 2.24) is 0 Å². The summed E-state index contributed by atoms with van der Waals surface area (Å²) in [6.07, 6.45) is 12.1. The molecule has 0 heterocycles. The van der Waals surface area contributed by atoms with Gasteiger partial charge in [0.15, 0.2) is 0 Å².